The minimum atomic E-state index is 0.830. The van der Waals surface area contributed by atoms with Gasteiger partial charge in [-0.3, -0.25) is 4.90 Å². The molecule has 2 heterocycles. The Bertz CT molecular complexity index is 388. The van der Waals surface area contributed by atoms with Gasteiger partial charge in [0.15, 0.2) is 0 Å². The SMILES string of the molecule is c1cc2c(cc1NCN1CCNCC1)CCO2. The van der Waals surface area contributed by atoms with E-state index in [2.05, 4.69) is 33.7 Å². The molecule has 0 saturated carbocycles. The van der Waals surface area contributed by atoms with Crippen molar-refractivity contribution in [3.05, 3.63) is 23.8 Å². The first-order chi connectivity index (χ1) is 8.42. The zero-order valence-corrected chi connectivity index (χ0v) is 10.0. The second-order valence-electron chi connectivity index (χ2n) is 4.62. The largest absolute Gasteiger partial charge is 0.493 e. The normalized spacial score (nSPS) is 19.8. The molecular formula is C13H19N3O. The third-order valence-corrected chi connectivity index (χ3v) is 3.41. The molecule has 0 atom stereocenters. The molecule has 1 saturated heterocycles. The summed E-state index contributed by atoms with van der Waals surface area (Å²) >= 11 is 0. The lowest BCUT2D eigenvalue weighted by atomic mass is 10.1. The standard InChI is InChI=1S/C13H19N3O/c1-2-13-11(3-8-17-13)9-12(1)15-10-16-6-4-14-5-7-16/h1-2,9,14-15H,3-8,10H2. The summed E-state index contributed by atoms with van der Waals surface area (Å²) in [6.07, 6.45) is 1.04. The Hall–Kier alpha value is -1.26. The van der Waals surface area contributed by atoms with Crippen LogP contribution in [0.3, 0.4) is 0 Å². The van der Waals surface area contributed by atoms with Gasteiger partial charge in [-0.1, -0.05) is 0 Å². The molecular weight excluding hydrogens is 214 g/mol. The first-order valence-corrected chi connectivity index (χ1v) is 6.34. The van der Waals surface area contributed by atoms with E-state index in [-0.39, 0.29) is 0 Å². The third kappa shape index (κ3) is 2.53. The Balaban J connectivity index is 1.57. The number of hydrogen-bond acceptors (Lipinski definition) is 4. The molecule has 0 unspecified atom stereocenters. The number of rotatable bonds is 3. The van der Waals surface area contributed by atoms with Crippen molar-refractivity contribution in [1.29, 1.82) is 0 Å². The second-order valence-corrected chi connectivity index (χ2v) is 4.62. The van der Waals surface area contributed by atoms with E-state index in [0.717, 1.165) is 51.6 Å². The van der Waals surface area contributed by atoms with Crippen LogP contribution < -0.4 is 15.4 Å². The van der Waals surface area contributed by atoms with E-state index in [0.29, 0.717) is 0 Å². The molecule has 0 aliphatic carbocycles. The van der Waals surface area contributed by atoms with Crippen LogP contribution in [0, 0.1) is 0 Å². The summed E-state index contributed by atoms with van der Waals surface area (Å²) in [7, 11) is 0. The third-order valence-electron chi connectivity index (χ3n) is 3.41. The minimum absolute atomic E-state index is 0.830. The van der Waals surface area contributed by atoms with E-state index in [1.54, 1.807) is 0 Å². The van der Waals surface area contributed by atoms with Gasteiger partial charge in [-0.15, -0.1) is 0 Å². The number of hydrogen-bond donors (Lipinski definition) is 2. The average molecular weight is 233 g/mol. The molecule has 2 N–H and O–H groups in total. The Morgan fingerprint density at radius 1 is 1.29 bits per heavy atom. The zero-order chi connectivity index (χ0) is 11.5. The van der Waals surface area contributed by atoms with E-state index in [9.17, 15) is 0 Å². The maximum absolute atomic E-state index is 5.50. The van der Waals surface area contributed by atoms with Gasteiger partial charge < -0.3 is 15.4 Å². The topological polar surface area (TPSA) is 36.5 Å². The van der Waals surface area contributed by atoms with Gasteiger partial charge in [0, 0.05) is 38.3 Å². The summed E-state index contributed by atoms with van der Waals surface area (Å²) in [5, 5.41) is 6.85. The number of fused-ring (bicyclic) bond motifs is 1. The van der Waals surface area contributed by atoms with E-state index in [1.807, 2.05) is 0 Å². The van der Waals surface area contributed by atoms with Crippen molar-refractivity contribution in [3.8, 4) is 5.75 Å². The number of piperazine rings is 1. The van der Waals surface area contributed by atoms with Crippen LogP contribution in [0.5, 0.6) is 5.75 Å². The molecule has 1 aromatic carbocycles. The summed E-state index contributed by atoms with van der Waals surface area (Å²) in [5.41, 5.74) is 2.53. The van der Waals surface area contributed by atoms with Crippen molar-refractivity contribution in [2.45, 2.75) is 6.42 Å². The van der Waals surface area contributed by atoms with E-state index in [4.69, 9.17) is 4.74 Å². The molecule has 4 heteroatoms. The van der Waals surface area contributed by atoms with Gasteiger partial charge in [0.05, 0.1) is 13.3 Å². The van der Waals surface area contributed by atoms with Crippen molar-refractivity contribution >= 4 is 5.69 Å². The van der Waals surface area contributed by atoms with Gasteiger partial charge in [-0.25, -0.2) is 0 Å². The summed E-state index contributed by atoms with van der Waals surface area (Å²) in [4.78, 5) is 2.43. The van der Waals surface area contributed by atoms with Crippen molar-refractivity contribution in [2.75, 3.05) is 44.8 Å². The van der Waals surface area contributed by atoms with E-state index >= 15 is 0 Å². The van der Waals surface area contributed by atoms with Crippen molar-refractivity contribution < 1.29 is 4.74 Å². The number of nitrogens with zero attached hydrogens (tertiary/aromatic N) is 1. The molecule has 4 nitrogen and oxygen atoms in total. The highest BCUT2D eigenvalue weighted by Gasteiger charge is 2.13. The van der Waals surface area contributed by atoms with Gasteiger partial charge in [0.25, 0.3) is 0 Å². The van der Waals surface area contributed by atoms with Crippen LogP contribution in [0.1, 0.15) is 5.56 Å². The molecule has 3 rings (SSSR count). The highest BCUT2D eigenvalue weighted by Crippen LogP contribution is 2.27. The van der Waals surface area contributed by atoms with Gasteiger partial charge >= 0.3 is 0 Å². The maximum atomic E-state index is 5.50. The van der Waals surface area contributed by atoms with Crippen LogP contribution in [0.15, 0.2) is 18.2 Å². The first kappa shape index (κ1) is 10.9. The summed E-state index contributed by atoms with van der Waals surface area (Å²) in [6, 6.07) is 6.39. The fourth-order valence-electron chi connectivity index (χ4n) is 2.37. The predicted octanol–water partition coefficient (Wildman–Crippen LogP) is 0.896. The van der Waals surface area contributed by atoms with Crippen molar-refractivity contribution in [1.82, 2.24) is 10.2 Å². The highest BCUT2D eigenvalue weighted by molar-refractivity contribution is 5.52. The molecule has 0 aromatic heterocycles. The Morgan fingerprint density at radius 2 is 2.18 bits per heavy atom. The quantitative estimate of drug-likeness (QED) is 0.813. The maximum Gasteiger partial charge on any atom is 0.122 e. The molecule has 0 spiro atoms. The summed E-state index contributed by atoms with van der Waals surface area (Å²) in [6.45, 7) is 6.21. The minimum Gasteiger partial charge on any atom is -0.493 e. The predicted molar refractivity (Wildman–Crippen MR) is 68.6 cm³/mol. The molecule has 17 heavy (non-hydrogen) atoms. The van der Waals surface area contributed by atoms with E-state index in [1.165, 1.54) is 11.3 Å². The number of anilines is 1. The Morgan fingerprint density at radius 3 is 3.06 bits per heavy atom. The van der Waals surface area contributed by atoms with Gasteiger partial charge in [-0.2, -0.15) is 0 Å². The highest BCUT2D eigenvalue weighted by atomic mass is 16.5. The fraction of sp³-hybridized carbons (Fsp3) is 0.538. The first-order valence-electron chi connectivity index (χ1n) is 6.34. The van der Waals surface area contributed by atoms with Crippen molar-refractivity contribution in [2.24, 2.45) is 0 Å². The molecule has 1 aromatic rings. The van der Waals surface area contributed by atoms with Gasteiger partial charge in [0.1, 0.15) is 5.75 Å². The number of ether oxygens (including phenoxy) is 1. The van der Waals surface area contributed by atoms with Crippen LogP contribution in [0.25, 0.3) is 0 Å². The Kier molecular flexibility index (Phi) is 3.16. The molecule has 92 valence electrons. The molecule has 0 amide bonds. The zero-order valence-electron chi connectivity index (χ0n) is 10.0. The van der Waals surface area contributed by atoms with Gasteiger partial charge in [0.2, 0.25) is 0 Å². The molecule has 0 bridgehead atoms. The smallest absolute Gasteiger partial charge is 0.122 e. The summed E-state index contributed by atoms with van der Waals surface area (Å²) < 4.78 is 5.50. The molecule has 2 aliphatic rings. The number of nitrogens with one attached hydrogen (secondary N) is 2. The van der Waals surface area contributed by atoms with Crippen LogP contribution >= 0.6 is 0 Å². The molecule has 1 fully saturated rings. The van der Waals surface area contributed by atoms with Crippen LogP contribution in [-0.2, 0) is 6.42 Å². The Labute approximate surface area is 102 Å². The lowest BCUT2D eigenvalue weighted by molar-refractivity contribution is 0.256. The average Bonchev–Trinajstić information content (AvgIpc) is 2.85. The van der Waals surface area contributed by atoms with Gasteiger partial charge in [-0.05, 0) is 23.8 Å². The fourth-order valence-corrected chi connectivity index (χ4v) is 2.37. The molecule has 2 aliphatic heterocycles. The van der Waals surface area contributed by atoms with Crippen LogP contribution in [-0.4, -0.2) is 44.4 Å². The monoisotopic (exact) mass is 233 g/mol. The van der Waals surface area contributed by atoms with Crippen molar-refractivity contribution in [3.63, 3.8) is 0 Å². The number of benzene rings is 1. The lowest BCUT2D eigenvalue weighted by Gasteiger charge is -2.27. The van der Waals surface area contributed by atoms with Crippen LogP contribution in [0.4, 0.5) is 5.69 Å². The molecule has 0 radical (unpaired) electrons. The van der Waals surface area contributed by atoms with Crippen LogP contribution in [0.2, 0.25) is 0 Å². The second kappa shape index (κ2) is 4.94. The lowest BCUT2D eigenvalue weighted by Crippen LogP contribution is -2.45. The summed E-state index contributed by atoms with van der Waals surface area (Å²) in [5.74, 6) is 1.05. The van der Waals surface area contributed by atoms with E-state index < -0.39 is 0 Å².